The highest BCUT2D eigenvalue weighted by Crippen LogP contribution is 2.29. The molecule has 0 radical (unpaired) electrons. The lowest BCUT2D eigenvalue weighted by molar-refractivity contribution is 0.0485. The van der Waals surface area contributed by atoms with Crippen molar-refractivity contribution in [1.82, 2.24) is 4.90 Å². The van der Waals surface area contributed by atoms with E-state index in [9.17, 15) is 4.39 Å². The van der Waals surface area contributed by atoms with E-state index in [-0.39, 0.29) is 17.9 Å². The van der Waals surface area contributed by atoms with Crippen molar-refractivity contribution in [2.75, 3.05) is 40.5 Å². The highest BCUT2D eigenvalue weighted by molar-refractivity contribution is 9.10. The summed E-state index contributed by atoms with van der Waals surface area (Å²) in [4.78, 5) is 2.23. The van der Waals surface area contributed by atoms with Gasteiger partial charge in [0.05, 0.1) is 13.2 Å². The average Bonchev–Trinajstić information content (AvgIpc) is 2.45. The second-order valence-corrected chi connectivity index (χ2v) is 5.81. The van der Waals surface area contributed by atoms with Gasteiger partial charge in [-0.2, -0.15) is 0 Å². The number of hydrogen-bond donors (Lipinski definition) is 1. The van der Waals surface area contributed by atoms with Crippen LogP contribution in [0.2, 0.25) is 0 Å². The Labute approximate surface area is 134 Å². The lowest BCUT2D eigenvalue weighted by Gasteiger charge is -2.36. The van der Waals surface area contributed by atoms with Gasteiger partial charge < -0.3 is 15.2 Å². The van der Waals surface area contributed by atoms with Gasteiger partial charge in [-0.25, -0.2) is 4.39 Å². The van der Waals surface area contributed by atoms with Crippen LogP contribution in [0.25, 0.3) is 0 Å². The molecule has 0 heterocycles. The molecule has 1 aromatic rings. The van der Waals surface area contributed by atoms with E-state index in [2.05, 4.69) is 27.8 Å². The third kappa shape index (κ3) is 5.30. The van der Waals surface area contributed by atoms with Crippen molar-refractivity contribution in [1.29, 1.82) is 0 Å². The monoisotopic (exact) mass is 362 g/mol. The zero-order valence-electron chi connectivity index (χ0n) is 12.8. The molecule has 0 aliphatic heterocycles. The number of rotatable bonds is 9. The summed E-state index contributed by atoms with van der Waals surface area (Å²) in [6.45, 7) is 4.44. The van der Waals surface area contributed by atoms with Crippen LogP contribution in [-0.4, -0.2) is 51.5 Å². The van der Waals surface area contributed by atoms with Crippen LogP contribution in [0.5, 0.6) is 0 Å². The standard InChI is InChI=1S/C15H24BrFN2O2/c1-11(10-21-3)19(6-7-20-2)15(9-18)13-5-4-12(17)8-14(13)16/h4-5,8,11,15H,6-7,9-10,18H2,1-3H3. The predicted octanol–water partition coefficient (Wildman–Crippen LogP) is 2.57. The Kier molecular flexibility index (Phi) is 8.36. The van der Waals surface area contributed by atoms with Crippen molar-refractivity contribution in [3.63, 3.8) is 0 Å². The Hall–Kier alpha value is -0.530. The number of nitrogens with two attached hydrogens (primary N) is 1. The molecular weight excluding hydrogens is 339 g/mol. The van der Waals surface area contributed by atoms with Crippen LogP contribution in [0.4, 0.5) is 4.39 Å². The molecule has 1 aromatic carbocycles. The van der Waals surface area contributed by atoms with Gasteiger partial charge in [0.25, 0.3) is 0 Å². The number of benzene rings is 1. The SMILES string of the molecule is COCCN(C(C)COC)C(CN)c1ccc(F)cc1Br. The van der Waals surface area contributed by atoms with Crippen molar-refractivity contribution in [2.45, 2.75) is 19.0 Å². The number of ether oxygens (including phenoxy) is 2. The Morgan fingerprint density at radius 1 is 1.33 bits per heavy atom. The summed E-state index contributed by atoms with van der Waals surface area (Å²) in [5.74, 6) is -0.269. The zero-order valence-corrected chi connectivity index (χ0v) is 14.4. The van der Waals surface area contributed by atoms with E-state index in [1.54, 1.807) is 20.3 Å². The van der Waals surface area contributed by atoms with E-state index in [1.807, 2.05) is 0 Å². The highest BCUT2D eigenvalue weighted by atomic mass is 79.9. The summed E-state index contributed by atoms with van der Waals surface area (Å²) in [5, 5.41) is 0. The minimum atomic E-state index is -0.269. The maximum Gasteiger partial charge on any atom is 0.124 e. The van der Waals surface area contributed by atoms with Crippen molar-refractivity contribution in [3.8, 4) is 0 Å². The molecule has 0 aliphatic carbocycles. The maximum atomic E-state index is 13.3. The summed E-state index contributed by atoms with van der Waals surface area (Å²) in [6.07, 6.45) is 0. The third-order valence-corrected chi connectivity index (χ3v) is 4.16. The van der Waals surface area contributed by atoms with Crippen LogP contribution < -0.4 is 5.73 Å². The molecule has 0 amide bonds. The molecule has 1 rings (SSSR count). The summed E-state index contributed by atoms with van der Waals surface area (Å²) < 4.78 is 24.4. The minimum absolute atomic E-state index is 0.0275. The van der Waals surface area contributed by atoms with Crippen molar-refractivity contribution >= 4 is 15.9 Å². The van der Waals surface area contributed by atoms with Crippen LogP contribution in [0.1, 0.15) is 18.5 Å². The van der Waals surface area contributed by atoms with Crippen LogP contribution in [0, 0.1) is 5.82 Å². The molecule has 0 fully saturated rings. The lowest BCUT2D eigenvalue weighted by atomic mass is 10.0. The highest BCUT2D eigenvalue weighted by Gasteiger charge is 2.25. The van der Waals surface area contributed by atoms with Gasteiger partial charge in [-0.1, -0.05) is 22.0 Å². The molecule has 2 atom stereocenters. The largest absolute Gasteiger partial charge is 0.383 e. The normalized spacial score (nSPS) is 14.4. The number of methoxy groups -OCH3 is 2. The van der Waals surface area contributed by atoms with E-state index in [0.717, 1.165) is 16.6 Å². The molecule has 2 N–H and O–H groups in total. The zero-order chi connectivity index (χ0) is 15.8. The average molecular weight is 363 g/mol. The summed E-state index contributed by atoms with van der Waals surface area (Å²) >= 11 is 3.43. The molecule has 0 bridgehead atoms. The third-order valence-electron chi connectivity index (χ3n) is 3.47. The van der Waals surface area contributed by atoms with Crippen LogP contribution in [0.3, 0.4) is 0 Å². The van der Waals surface area contributed by atoms with Gasteiger partial charge in [0.1, 0.15) is 5.82 Å². The summed E-state index contributed by atoms with van der Waals surface area (Å²) in [5.41, 5.74) is 6.95. The fourth-order valence-corrected chi connectivity index (χ4v) is 3.04. The van der Waals surface area contributed by atoms with E-state index < -0.39 is 0 Å². The molecule has 2 unspecified atom stereocenters. The Balaban J connectivity index is 3.04. The first-order valence-electron chi connectivity index (χ1n) is 6.93. The molecule has 0 spiro atoms. The first kappa shape index (κ1) is 18.5. The van der Waals surface area contributed by atoms with Crippen molar-refractivity contribution < 1.29 is 13.9 Å². The van der Waals surface area contributed by atoms with E-state index in [0.29, 0.717) is 19.8 Å². The van der Waals surface area contributed by atoms with Crippen molar-refractivity contribution in [2.24, 2.45) is 5.73 Å². The molecule has 0 aliphatic rings. The number of nitrogens with zero attached hydrogens (tertiary/aromatic N) is 1. The number of halogens is 2. The molecule has 0 aromatic heterocycles. The summed E-state index contributed by atoms with van der Waals surface area (Å²) in [6, 6.07) is 4.85. The smallest absolute Gasteiger partial charge is 0.124 e. The van der Waals surface area contributed by atoms with E-state index in [4.69, 9.17) is 15.2 Å². The minimum Gasteiger partial charge on any atom is -0.383 e. The Morgan fingerprint density at radius 2 is 2.05 bits per heavy atom. The van der Waals surface area contributed by atoms with Gasteiger partial charge in [-0.05, 0) is 24.6 Å². The van der Waals surface area contributed by atoms with Gasteiger partial charge in [-0.15, -0.1) is 0 Å². The second kappa shape index (κ2) is 9.48. The van der Waals surface area contributed by atoms with Crippen molar-refractivity contribution in [3.05, 3.63) is 34.1 Å². The number of hydrogen-bond acceptors (Lipinski definition) is 4. The fourth-order valence-electron chi connectivity index (χ4n) is 2.43. The van der Waals surface area contributed by atoms with Crippen LogP contribution in [0.15, 0.2) is 22.7 Å². The molecule has 0 saturated carbocycles. The predicted molar refractivity (Wildman–Crippen MR) is 85.8 cm³/mol. The molecular formula is C15H24BrFN2O2. The lowest BCUT2D eigenvalue weighted by Crippen LogP contribution is -2.44. The first-order valence-corrected chi connectivity index (χ1v) is 7.73. The van der Waals surface area contributed by atoms with E-state index in [1.165, 1.54) is 12.1 Å². The van der Waals surface area contributed by atoms with Gasteiger partial charge in [-0.3, -0.25) is 4.90 Å². The first-order chi connectivity index (χ1) is 10.0. The van der Waals surface area contributed by atoms with Crippen LogP contribution in [-0.2, 0) is 9.47 Å². The topological polar surface area (TPSA) is 47.7 Å². The van der Waals surface area contributed by atoms with E-state index >= 15 is 0 Å². The maximum absolute atomic E-state index is 13.3. The Morgan fingerprint density at radius 3 is 2.57 bits per heavy atom. The van der Waals surface area contributed by atoms with Gasteiger partial charge in [0.2, 0.25) is 0 Å². The molecule has 0 saturated heterocycles. The summed E-state index contributed by atoms with van der Waals surface area (Å²) in [7, 11) is 3.35. The molecule has 4 nitrogen and oxygen atoms in total. The molecule has 21 heavy (non-hydrogen) atoms. The van der Waals surface area contributed by atoms with Gasteiger partial charge in [0, 0.05) is 43.9 Å². The van der Waals surface area contributed by atoms with Gasteiger partial charge >= 0.3 is 0 Å². The quantitative estimate of drug-likeness (QED) is 0.733. The molecule has 120 valence electrons. The van der Waals surface area contributed by atoms with Gasteiger partial charge in [0.15, 0.2) is 0 Å². The Bertz CT molecular complexity index is 434. The fraction of sp³-hybridized carbons (Fsp3) is 0.600. The van der Waals surface area contributed by atoms with Crippen LogP contribution >= 0.6 is 15.9 Å². The second-order valence-electron chi connectivity index (χ2n) is 4.95. The molecule has 6 heteroatoms.